The maximum Gasteiger partial charge on any atom is 0.306 e. The second kappa shape index (κ2) is 30.8. The van der Waals surface area contributed by atoms with Crippen LogP contribution in [-0.2, 0) is 19.1 Å². The minimum absolute atomic E-state index is 0.0587. The van der Waals surface area contributed by atoms with Crippen LogP contribution in [0.25, 0.3) is 0 Å². The van der Waals surface area contributed by atoms with Gasteiger partial charge in [-0.05, 0) is 18.8 Å². The molecule has 5 nitrogen and oxygen atoms in total. The quantitative estimate of drug-likeness (QED) is 0.0665. The summed E-state index contributed by atoms with van der Waals surface area (Å²) in [4.78, 5) is 24.1. The third-order valence-corrected chi connectivity index (χ3v) is 7.83. The van der Waals surface area contributed by atoms with Gasteiger partial charge in [-0.1, -0.05) is 162 Å². The lowest BCUT2D eigenvalue weighted by molar-refractivity contribution is -0.161. The molecule has 0 rings (SSSR count). The van der Waals surface area contributed by atoms with Crippen molar-refractivity contribution in [1.82, 2.24) is 0 Å². The van der Waals surface area contributed by atoms with E-state index in [1.54, 1.807) is 0 Å². The lowest BCUT2D eigenvalue weighted by atomic mass is 10.0. The summed E-state index contributed by atoms with van der Waals surface area (Å²) in [5.41, 5.74) is 0. The summed E-state index contributed by atoms with van der Waals surface area (Å²) in [7, 11) is 0. The topological polar surface area (TPSA) is 72.8 Å². The highest BCUT2D eigenvalue weighted by Gasteiger charge is 2.16. The molecule has 0 aromatic heterocycles. The molecule has 1 N–H and O–H groups in total. The van der Waals surface area contributed by atoms with Gasteiger partial charge in [0.05, 0.1) is 6.61 Å². The minimum atomic E-state index is -0.760. The number of unbranched alkanes of at least 4 members (excludes halogenated alkanes) is 21. The Hall–Kier alpha value is -1.10. The van der Waals surface area contributed by atoms with Crippen molar-refractivity contribution in [3.05, 3.63) is 0 Å². The van der Waals surface area contributed by atoms with Crippen molar-refractivity contribution in [2.45, 2.75) is 194 Å². The Morgan fingerprint density at radius 3 is 1.32 bits per heavy atom. The van der Waals surface area contributed by atoms with E-state index in [0.29, 0.717) is 12.8 Å². The van der Waals surface area contributed by atoms with E-state index in [-0.39, 0.29) is 25.2 Å². The van der Waals surface area contributed by atoms with Gasteiger partial charge in [-0.2, -0.15) is 0 Å². The fraction of sp³-hybridized carbons (Fsp3) is 0.943. The number of esters is 2. The van der Waals surface area contributed by atoms with Crippen molar-refractivity contribution >= 4 is 11.9 Å². The van der Waals surface area contributed by atoms with Gasteiger partial charge >= 0.3 is 11.9 Å². The van der Waals surface area contributed by atoms with E-state index in [4.69, 9.17) is 9.47 Å². The lowest BCUT2D eigenvalue weighted by Gasteiger charge is -2.15. The number of hydrogen-bond donors (Lipinski definition) is 1. The largest absolute Gasteiger partial charge is 0.462 e. The number of ether oxygens (including phenoxy) is 2. The number of hydrogen-bond acceptors (Lipinski definition) is 5. The Balaban J connectivity index is 3.51. The zero-order chi connectivity index (χ0) is 29.5. The van der Waals surface area contributed by atoms with Crippen LogP contribution in [0.2, 0.25) is 0 Å². The summed E-state index contributed by atoms with van der Waals surface area (Å²) in [6.07, 6.45) is 30.2. The molecule has 0 spiro atoms. The normalized spacial score (nSPS) is 12.1. The van der Waals surface area contributed by atoms with Gasteiger partial charge in [-0.25, -0.2) is 0 Å². The summed E-state index contributed by atoms with van der Waals surface area (Å²) >= 11 is 0. The van der Waals surface area contributed by atoms with Crippen LogP contribution >= 0.6 is 0 Å². The number of carbonyl (C=O) groups is 2. The molecule has 0 fully saturated rings. The van der Waals surface area contributed by atoms with E-state index in [2.05, 4.69) is 20.8 Å². The van der Waals surface area contributed by atoms with Crippen molar-refractivity contribution in [1.29, 1.82) is 0 Å². The highest BCUT2D eigenvalue weighted by Crippen LogP contribution is 2.15. The van der Waals surface area contributed by atoms with Gasteiger partial charge in [0, 0.05) is 12.8 Å². The third kappa shape index (κ3) is 29.9. The van der Waals surface area contributed by atoms with Gasteiger partial charge in [-0.15, -0.1) is 0 Å². The maximum atomic E-state index is 12.1. The van der Waals surface area contributed by atoms with Crippen LogP contribution in [0, 0.1) is 5.92 Å². The monoisotopic (exact) mass is 569 g/mol. The summed E-state index contributed by atoms with van der Waals surface area (Å²) in [5, 5.41) is 9.49. The van der Waals surface area contributed by atoms with E-state index in [0.717, 1.165) is 44.4 Å². The second-order valence-corrected chi connectivity index (χ2v) is 12.4. The molecule has 0 saturated carbocycles. The van der Waals surface area contributed by atoms with Crippen molar-refractivity contribution in [2.75, 3.05) is 13.2 Å². The average molecular weight is 569 g/mol. The Kier molecular flexibility index (Phi) is 30.0. The first-order valence-corrected chi connectivity index (χ1v) is 17.5. The molecule has 0 saturated heterocycles. The predicted molar refractivity (Wildman–Crippen MR) is 168 cm³/mol. The van der Waals surface area contributed by atoms with Crippen LogP contribution in [-0.4, -0.2) is 36.4 Å². The number of aliphatic hydroxyl groups is 1. The first-order chi connectivity index (χ1) is 19.5. The molecule has 40 heavy (non-hydrogen) atoms. The van der Waals surface area contributed by atoms with Crippen molar-refractivity contribution in [2.24, 2.45) is 5.92 Å². The van der Waals surface area contributed by atoms with Crippen molar-refractivity contribution in [3.63, 3.8) is 0 Å². The molecule has 1 atom stereocenters. The van der Waals surface area contributed by atoms with E-state index >= 15 is 0 Å². The summed E-state index contributed by atoms with van der Waals surface area (Å²) in [6.45, 7) is 6.47. The van der Waals surface area contributed by atoms with Gasteiger partial charge in [-0.3, -0.25) is 9.59 Å². The summed E-state index contributed by atoms with van der Waals surface area (Å²) in [5.74, 6) is 0.267. The lowest BCUT2D eigenvalue weighted by Crippen LogP contribution is -2.28. The van der Waals surface area contributed by atoms with E-state index in [1.165, 1.54) is 116 Å². The highest BCUT2D eigenvalue weighted by atomic mass is 16.6. The molecule has 0 amide bonds. The van der Waals surface area contributed by atoms with Crippen molar-refractivity contribution in [3.8, 4) is 0 Å². The molecular formula is C35H68O5. The van der Waals surface area contributed by atoms with Gasteiger partial charge in [0.25, 0.3) is 0 Å². The van der Waals surface area contributed by atoms with Gasteiger partial charge in [0.15, 0.2) is 6.10 Å². The Labute approximate surface area is 248 Å². The SMILES string of the molecule is CCCCCCCCCCCC(=O)OC[C@H](CO)OC(=O)CCCCCCCCCCCCCCCCC(C)C. The second-order valence-electron chi connectivity index (χ2n) is 12.4. The Morgan fingerprint density at radius 1 is 0.550 bits per heavy atom. The third-order valence-electron chi connectivity index (χ3n) is 7.83. The molecule has 0 bridgehead atoms. The van der Waals surface area contributed by atoms with Crippen LogP contribution in [0.3, 0.4) is 0 Å². The summed E-state index contributed by atoms with van der Waals surface area (Å²) in [6, 6.07) is 0. The van der Waals surface area contributed by atoms with Crippen LogP contribution in [0.4, 0.5) is 0 Å². The molecule has 0 aliphatic heterocycles. The van der Waals surface area contributed by atoms with E-state index in [1.807, 2.05) is 0 Å². The van der Waals surface area contributed by atoms with E-state index in [9.17, 15) is 14.7 Å². The predicted octanol–water partition coefficient (Wildman–Crippen LogP) is 10.3. The molecule has 0 heterocycles. The fourth-order valence-electron chi connectivity index (χ4n) is 5.15. The first kappa shape index (κ1) is 38.9. The van der Waals surface area contributed by atoms with Crippen LogP contribution < -0.4 is 0 Å². The maximum absolute atomic E-state index is 12.1. The van der Waals surface area contributed by atoms with Crippen LogP contribution in [0.5, 0.6) is 0 Å². The van der Waals surface area contributed by atoms with Gasteiger partial charge in [0.2, 0.25) is 0 Å². The molecule has 0 aliphatic carbocycles. The average Bonchev–Trinajstić information content (AvgIpc) is 2.93. The number of carbonyl (C=O) groups excluding carboxylic acids is 2. The van der Waals surface area contributed by atoms with E-state index < -0.39 is 6.10 Å². The smallest absolute Gasteiger partial charge is 0.306 e. The number of rotatable bonds is 31. The Bertz CT molecular complexity index is 548. The van der Waals surface area contributed by atoms with Crippen LogP contribution in [0.15, 0.2) is 0 Å². The van der Waals surface area contributed by atoms with Gasteiger partial charge < -0.3 is 14.6 Å². The molecule has 0 aliphatic rings. The van der Waals surface area contributed by atoms with Crippen LogP contribution in [0.1, 0.15) is 188 Å². The molecule has 0 unspecified atom stereocenters. The highest BCUT2D eigenvalue weighted by molar-refractivity contribution is 5.70. The molecule has 238 valence electrons. The zero-order valence-electron chi connectivity index (χ0n) is 27.0. The molecular weight excluding hydrogens is 500 g/mol. The molecule has 0 aromatic carbocycles. The molecule has 5 heteroatoms. The number of aliphatic hydroxyl groups excluding tert-OH is 1. The van der Waals surface area contributed by atoms with Gasteiger partial charge in [0.1, 0.15) is 6.61 Å². The molecule has 0 aromatic rings. The minimum Gasteiger partial charge on any atom is -0.462 e. The first-order valence-electron chi connectivity index (χ1n) is 17.5. The Morgan fingerprint density at radius 2 is 0.925 bits per heavy atom. The molecule has 0 radical (unpaired) electrons. The standard InChI is InChI=1S/C35H68O5/c1-4-5-6-7-8-15-19-22-25-28-34(37)39-31-33(30-36)40-35(38)29-26-23-20-17-14-12-10-9-11-13-16-18-21-24-27-32(2)3/h32-33,36H,4-31H2,1-3H3/t33-/m0/s1. The fourth-order valence-corrected chi connectivity index (χ4v) is 5.15. The van der Waals surface area contributed by atoms with Crippen molar-refractivity contribution < 1.29 is 24.2 Å². The zero-order valence-corrected chi connectivity index (χ0v) is 27.0. The summed E-state index contributed by atoms with van der Waals surface area (Å²) < 4.78 is 10.5.